The molecule has 2 heteroatoms. The highest BCUT2D eigenvalue weighted by Gasteiger charge is 2.05. The lowest BCUT2D eigenvalue weighted by atomic mass is 10.0. The molecule has 0 spiro atoms. The van der Waals surface area contributed by atoms with Gasteiger partial charge in [0.25, 0.3) is 0 Å². The maximum Gasteiger partial charge on any atom is 0.0711 e. The summed E-state index contributed by atoms with van der Waals surface area (Å²) in [5.74, 6) is 0. The van der Waals surface area contributed by atoms with Crippen molar-refractivity contribution in [2.75, 3.05) is 6.54 Å². The Kier molecular flexibility index (Phi) is 3.43. The second-order valence-corrected chi connectivity index (χ2v) is 4.66. The number of aromatic nitrogens is 1. The van der Waals surface area contributed by atoms with Gasteiger partial charge in [-0.3, -0.25) is 4.98 Å². The lowest BCUT2D eigenvalue weighted by Gasteiger charge is -2.10. The molecule has 1 aromatic heterocycles. The van der Waals surface area contributed by atoms with E-state index in [2.05, 4.69) is 56.2 Å². The van der Waals surface area contributed by atoms with Crippen LogP contribution in [0, 0.1) is 20.8 Å². The summed E-state index contributed by atoms with van der Waals surface area (Å²) in [5.41, 5.74) is 6.19. The molecule has 0 aliphatic rings. The first-order valence-electron chi connectivity index (χ1n) is 6.20. The lowest BCUT2D eigenvalue weighted by molar-refractivity contribution is 0.729. The number of rotatable bonds is 3. The van der Waals surface area contributed by atoms with E-state index in [0.717, 1.165) is 24.3 Å². The SMILES string of the molecule is CCNCc1cc(C)nc2cc(C)c(C)cc12. The molecule has 0 aliphatic heterocycles. The molecule has 0 aliphatic carbocycles. The second kappa shape index (κ2) is 4.84. The normalized spacial score (nSPS) is 11.1. The third-order valence-electron chi connectivity index (χ3n) is 3.20. The summed E-state index contributed by atoms with van der Waals surface area (Å²) in [7, 11) is 0. The van der Waals surface area contributed by atoms with E-state index in [1.165, 1.54) is 22.1 Å². The van der Waals surface area contributed by atoms with E-state index >= 15 is 0 Å². The summed E-state index contributed by atoms with van der Waals surface area (Å²) < 4.78 is 0. The van der Waals surface area contributed by atoms with Gasteiger partial charge >= 0.3 is 0 Å². The van der Waals surface area contributed by atoms with Gasteiger partial charge in [-0.1, -0.05) is 6.92 Å². The van der Waals surface area contributed by atoms with Crippen LogP contribution in [0.5, 0.6) is 0 Å². The van der Waals surface area contributed by atoms with Crippen molar-refractivity contribution < 1.29 is 0 Å². The van der Waals surface area contributed by atoms with Crippen LogP contribution in [-0.2, 0) is 6.54 Å². The maximum absolute atomic E-state index is 4.62. The van der Waals surface area contributed by atoms with Gasteiger partial charge in [0, 0.05) is 17.6 Å². The Morgan fingerprint density at radius 3 is 2.47 bits per heavy atom. The van der Waals surface area contributed by atoms with Crippen LogP contribution in [-0.4, -0.2) is 11.5 Å². The predicted octanol–water partition coefficient (Wildman–Crippen LogP) is 3.27. The average molecular weight is 228 g/mol. The number of hydrogen-bond acceptors (Lipinski definition) is 2. The number of hydrogen-bond donors (Lipinski definition) is 1. The third kappa shape index (κ3) is 2.47. The molecule has 0 atom stereocenters. The molecule has 0 saturated carbocycles. The first kappa shape index (κ1) is 12.1. The van der Waals surface area contributed by atoms with Crippen molar-refractivity contribution in [3.8, 4) is 0 Å². The second-order valence-electron chi connectivity index (χ2n) is 4.66. The largest absolute Gasteiger partial charge is 0.313 e. The van der Waals surface area contributed by atoms with Gasteiger partial charge in [-0.25, -0.2) is 0 Å². The number of nitrogens with one attached hydrogen (secondary N) is 1. The lowest BCUT2D eigenvalue weighted by Crippen LogP contribution is -2.12. The smallest absolute Gasteiger partial charge is 0.0711 e. The monoisotopic (exact) mass is 228 g/mol. The number of nitrogens with zero attached hydrogens (tertiary/aromatic N) is 1. The zero-order valence-electron chi connectivity index (χ0n) is 11.1. The van der Waals surface area contributed by atoms with Crippen molar-refractivity contribution in [2.45, 2.75) is 34.2 Å². The van der Waals surface area contributed by atoms with Crippen LogP contribution < -0.4 is 5.32 Å². The summed E-state index contributed by atoms with van der Waals surface area (Å²) >= 11 is 0. The first-order chi connectivity index (χ1) is 8.11. The van der Waals surface area contributed by atoms with Gasteiger partial charge in [0.05, 0.1) is 5.52 Å². The molecule has 1 heterocycles. The fourth-order valence-corrected chi connectivity index (χ4v) is 2.11. The molecular weight excluding hydrogens is 208 g/mol. The maximum atomic E-state index is 4.62. The molecule has 0 saturated heterocycles. The summed E-state index contributed by atoms with van der Waals surface area (Å²) in [6, 6.07) is 6.62. The Bertz CT molecular complexity index is 544. The van der Waals surface area contributed by atoms with Crippen molar-refractivity contribution in [1.29, 1.82) is 0 Å². The molecule has 0 unspecified atom stereocenters. The highest BCUT2D eigenvalue weighted by molar-refractivity contribution is 5.84. The quantitative estimate of drug-likeness (QED) is 0.872. The Morgan fingerprint density at radius 2 is 1.76 bits per heavy atom. The number of fused-ring (bicyclic) bond motifs is 1. The summed E-state index contributed by atoms with van der Waals surface area (Å²) in [5, 5.41) is 4.67. The molecule has 0 bridgehead atoms. The van der Waals surface area contributed by atoms with Crippen molar-refractivity contribution in [3.63, 3.8) is 0 Å². The number of pyridine rings is 1. The summed E-state index contributed by atoms with van der Waals surface area (Å²) in [6.45, 7) is 10.4. The zero-order chi connectivity index (χ0) is 12.4. The molecule has 17 heavy (non-hydrogen) atoms. The zero-order valence-corrected chi connectivity index (χ0v) is 11.1. The highest BCUT2D eigenvalue weighted by Crippen LogP contribution is 2.22. The van der Waals surface area contributed by atoms with Crippen molar-refractivity contribution in [2.24, 2.45) is 0 Å². The topological polar surface area (TPSA) is 24.9 Å². The molecule has 2 rings (SSSR count). The van der Waals surface area contributed by atoms with Crippen LogP contribution in [0.4, 0.5) is 0 Å². The Hall–Kier alpha value is -1.41. The molecule has 1 aromatic carbocycles. The molecule has 2 aromatic rings. The van der Waals surface area contributed by atoms with Gasteiger partial charge < -0.3 is 5.32 Å². The van der Waals surface area contributed by atoms with Crippen LogP contribution >= 0.6 is 0 Å². The van der Waals surface area contributed by atoms with Crippen molar-refractivity contribution in [1.82, 2.24) is 10.3 Å². The standard InChI is InChI=1S/C15H20N2/c1-5-16-9-13-8-12(4)17-15-7-11(3)10(2)6-14(13)15/h6-8,16H,5,9H2,1-4H3. The Morgan fingerprint density at radius 1 is 1.06 bits per heavy atom. The van der Waals surface area contributed by atoms with Crippen LogP contribution in [0.2, 0.25) is 0 Å². The van der Waals surface area contributed by atoms with Gasteiger partial charge in [0.15, 0.2) is 0 Å². The average Bonchev–Trinajstić information content (AvgIpc) is 2.28. The molecular formula is C15H20N2. The van der Waals surface area contributed by atoms with Crippen LogP contribution in [0.15, 0.2) is 18.2 Å². The predicted molar refractivity (Wildman–Crippen MR) is 73.3 cm³/mol. The Labute approximate surface area is 103 Å². The minimum absolute atomic E-state index is 0.916. The van der Waals surface area contributed by atoms with Crippen molar-refractivity contribution >= 4 is 10.9 Å². The van der Waals surface area contributed by atoms with Gasteiger partial charge in [0.1, 0.15) is 0 Å². The van der Waals surface area contributed by atoms with Gasteiger partial charge in [-0.05, 0) is 62.2 Å². The fourth-order valence-electron chi connectivity index (χ4n) is 2.11. The van der Waals surface area contributed by atoms with Crippen LogP contribution in [0.3, 0.4) is 0 Å². The summed E-state index contributed by atoms with van der Waals surface area (Å²) in [6.07, 6.45) is 0. The van der Waals surface area contributed by atoms with E-state index in [-0.39, 0.29) is 0 Å². The van der Waals surface area contributed by atoms with Gasteiger partial charge in [0.2, 0.25) is 0 Å². The molecule has 0 amide bonds. The highest BCUT2D eigenvalue weighted by atomic mass is 14.8. The summed E-state index contributed by atoms with van der Waals surface area (Å²) in [4.78, 5) is 4.62. The minimum Gasteiger partial charge on any atom is -0.313 e. The first-order valence-corrected chi connectivity index (χ1v) is 6.20. The Balaban J connectivity index is 2.61. The van der Waals surface area contributed by atoms with E-state index in [0.29, 0.717) is 0 Å². The third-order valence-corrected chi connectivity index (χ3v) is 3.20. The number of aryl methyl sites for hydroxylation is 3. The van der Waals surface area contributed by atoms with Crippen LogP contribution in [0.1, 0.15) is 29.3 Å². The molecule has 0 fully saturated rings. The van der Waals surface area contributed by atoms with Gasteiger partial charge in [-0.15, -0.1) is 0 Å². The van der Waals surface area contributed by atoms with E-state index in [9.17, 15) is 0 Å². The van der Waals surface area contributed by atoms with Crippen LogP contribution in [0.25, 0.3) is 10.9 Å². The van der Waals surface area contributed by atoms with E-state index < -0.39 is 0 Å². The van der Waals surface area contributed by atoms with E-state index in [4.69, 9.17) is 0 Å². The van der Waals surface area contributed by atoms with E-state index in [1.807, 2.05) is 0 Å². The van der Waals surface area contributed by atoms with Gasteiger partial charge in [-0.2, -0.15) is 0 Å². The molecule has 0 radical (unpaired) electrons. The minimum atomic E-state index is 0.916. The van der Waals surface area contributed by atoms with E-state index in [1.54, 1.807) is 0 Å². The molecule has 2 nitrogen and oxygen atoms in total. The number of benzene rings is 1. The van der Waals surface area contributed by atoms with Crippen molar-refractivity contribution in [3.05, 3.63) is 40.6 Å². The molecule has 90 valence electrons. The molecule has 1 N–H and O–H groups in total. The fraction of sp³-hybridized carbons (Fsp3) is 0.400.